The van der Waals surface area contributed by atoms with Crippen LogP contribution in [0.5, 0.6) is 0 Å². The zero-order valence-electron chi connectivity index (χ0n) is 16.3. The Kier molecular flexibility index (Phi) is 8.57. The van der Waals surface area contributed by atoms with E-state index in [4.69, 9.17) is 5.11 Å². The highest BCUT2D eigenvalue weighted by molar-refractivity contribution is 7.80. The minimum absolute atomic E-state index is 0.00881. The number of carbonyl (C=O) groups excluding carboxylic acids is 3. The topological polar surface area (TPSA) is 140 Å². The first-order valence-corrected chi connectivity index (χ1v) is 9.95. The summed E-state index contributed by atoms with van der Waals surface area (Å²) in [6.07, 6.45) is 0.0757. The van der Waals surface area contributed by atoms with Gasteiger partial charge in [0.2, 0.25) is 5.91 Å². The van der Waals surface area contributed by atoms with Crippen LogP contribution in [0.2, 0.25) is 0 Å². The van der Waals surface area contributed by atoms with Crippen LogP contribution in [0, 0.1) is 0 Å². The predicted molar refractivity (Wildman–Crippen MR) is 116 cm³/mol. The van der Waals surface area contributed by atoms with E-state index < -0.39 is 17.9 Å². The zero-order chi connectivity index (χ0) is 22.1. The predicted octanol–water partition coefficient (Wildman–Crippen LogP) is 1.59. The molecule has 2 aromatic rings. The van der Waals surface area contributed by atoms with Crippen molar-refractivity contribution in [2.24, 2.45) is 0 Å². The fourth-order valence-corrected chi connectivity index (χ4v) is 2.77. The molecule has 0 heterocycles. The van der Waals surface area contributed by atoms with E-state index in [1.54, 1.807) is 36.4 Å². The molecule has 0 bridgehead atoms. The van der Waals surface area contributed by atoms with Crippen molar-refractivity contribution in [1.29, 1.82) is 0 Å². The van der Waals surface area contributed by atoms with Gasteiger partial charge in [-0.25, -0.2) is 0 Å². The molecule has 1 unspecified atom stereocenters. The number of carbonyl (C=O) groups is 4. The molecule has 0 aromatic heterocycles. The first-order chi connectivity index (χ1) is 14.3. The smallest absolute Gasteiger partial charge is 0.303 e. The normalized spacial score (nSPS) is 11.4. The Balaban J connectivity index is 2.28. The Morgan fingerprint density at radius 2 is 1.70 bits per heavy atom. The number of carboxylic acid groups (broad SMARTS) is 1. The number of anilines is 2. The van der Waals surface area contributed by atoms with Crippen molar-refractivity contribution < 1.29 is 30.0 Å². The van der Waals surface area contributed by atoms with Crippen molar-refractivity contribution in [3.05, 3.63) is 59.7 Å². The lowest BCUT2D eigenvalue weighted by Crippen LogP contribution is -2.67. The van der Waals surface area contributed by atoms with E-state index in [-0.39, 0.29) is 48.0 Å². The number of thiol groups is 1. The van der Waals surface area contributed by atoms with E-state index in [0.717, 1.165) is 0 Å². The number of hydrogen-bond donors (Lipinski definition) is 5. The first-order valence-electron chi connectivity index (χ1n) is 9.32. The Hall–Kier alpha value is -3.17. The summed E-state index contributed by atoms with van der Waals surface area (Å²) in [5.74, 6) is -1.77. The van der Waals surface area contributed by atoms with Gasteiger partial charge in [-0.2, -0.15) is 12.6 Å². The summed E-state index contributed by atoms with van der Waals surface area (Å²) in [5, 5.41) is 14.0. The van der Waals surface area contributed by atoms with Crippen LogP contribution >= 0.6 is 12.6 Å². The van der Waals surface area contributed by atoms with Gasteiger partial charge >= 0.3 is 5.97 Å². The largest absolute Gasteiger partial charge is 0.481 e. The van der Waals surface area contributed by atoms with Crippen molar-refractivity contribution >= 4 is 47.6 Å². The number of hydrogen-bond acceptors (Lipinski definition) is 5. The quantitative estimate of drug-likeness (QED) is 0.288. The maximum atomic E-state index is 13.0. The number of benzene rings is 2. The van der Waals surface area contributed by atoms with Gasteiger partial charge in [-0.05, 0) is 24.6 Å². The first kappa shape index (κ1) is 23.1. The molecular formula is C21H24N3O5S+. The van der Waals surface area contributed by atoms with E-state index in [1.165, 1.54) is 12.1 Å². The molecule has 2 aromatic carbocycles. The number of nitrogens with one attached hydrogen (secondary N) is 2. The minimum atomic E-state index is -0.979. The molecule has 2 rings (SSSR count). The second-order valence-electron chi connectivity index (χ2n) is 6.62. The lowest BCUT2D eigenvalue weighted by atomic mass is 10.0. The highest BCUT2D eigenvalue weighted by Crippen LogP contribution is 2.24. The van der Waals surface area contributed by atoms with Crippen LogP contribution in [0.25, 0.3) is 0 Å². The molecular weight excluding hydrogens is 406 g/mol. The van der Waals surface area contributed by atoms with Crippen LogP contribution in [0.15, 0.2) is 48.5 Å². The fraction of sp³-hybridized carbons (Fsp3) is 0.238. The zero-order valence-corrected chi connectivity index (χ0v) is 17.2. The van der Waals surface area contributed by atoms with Crippen LogP contribution in [-0.2, 0) is 14.4 Å². The van der Waals surface area contributed by atoms with E-state index in [0.29, 0.717) is 11.3 Å². The van der Waals surface area contributed by atoms with Crippen molar-refractivity contribution in [3.63, 3.8) is 0 Å². The fourth-order valence-electron chi connectivity index (χ4n) is 2.60. The standard InChI is InChI=1S/C21H23N3O5S/c22-16(12-30)21(29)23-14-9-10-17(24-18(25)7-4-8-19(26)27)15(11-14)20(28)13-5-2-1-3-6-13/h1-3,5-6,9-11,16,30H,4,7-8,12,22H2,(H,23,29)(H,24,25)(H,26,27)/p+1. The molecule has 2 amide bonds. The molecule has 0 saturated carbocycles. The van der Waals surface area contributed by atoms with Gasteiger partial charge in [0.05, 0.1) is 11.4 Å². The lowest BCUT2D eigenvalue weighted by Gasteiger charge is -2.14. The summed E-state index contributed by atoms with van der Waals surface area (Å²) in [6, 6.07) is 12.6. The third-order valence-electron chi connectivity index (χ3n) is 4.23. The molecule has 158 valence electrons. The molecule has 0 saturated heterocycles. The van der Waals surface area contributed by atoms with Gasteiger partial charge in [0.15, 0.2) is 11.8 Å². The second-order valence-corrected chi connectivity index (χ2v) is 6.98. The molecule has 0 spiro atoms. The van der Waals surface area contributed by atoms with E-state index in [9.17, 15) is 19.2 Å². The number of aliphatic carboxylic acids is 1. The van der Waals surface area contributed by atoms with Crippen LogP contribution in [0.1, 0.15) is 35.2 Å². The van der Waals surface area contributed by atoms with Crippen molar-refractivity contribution in [2.45, 2.75) is 25.3 Å². The third kappa shape index (κ3) is 6.71. The van der Waals surface area contributed by atoms with Crippen LogP contribution < -0.4 is 16.4 Å². The van der Waals surface area contributed by atoms with Gasteiger partial charge in [0.25, 0.3) is 5.91 Å². The summed E-state index contributed by atoms with van der Waals surface area (Å²) in [6.45, 7) is 0. The lowest BCUT2D eigenvalue weighted by molar-refractivity contribution is -0.395. The Morgan fingerprint density at radius 1 is 1.00 bits per heavy atom. The molecule has 0 radical (unpaired) electrons. The van der Waals surface area contributed by atoms with Crippen LogP contribution in [0.3, 0.4) is 0 Å². The average Bonchev–Trinajstić information content (AvgIpc) is 2.74. The monoisotopic (exact) mass is 430 g/mol. The average molecular weight is 431 g/mol. The highest BCUT2D eigenvalue weighted by Gasteiger charge is 2.19. The molecule has 9 heteroatoms. The number of ketones is 1. The summed E-state index contributed by atoms with van der Waals surface area (Å²) in [5.41, 5.74) is 5.00. The summed E-state index contributed by atoms with van der Waals surface area (Å²) >= 11 is 4.05. The SMILES string of the molecule is [NH3+]C(CS)C(=O)Nc1ccc(NC(=O)CCCC(=O)O)c(C(=O)c2ccccc2)c1. The summed E-state index contributed by atoms with van der Waals surface area (Å²) in [7, 11) is 0. The van der Waals surface area contributed by atoms with Crippen LogP contribution in [-0.4, -0.2) is 40.5 Å². The molecule has 0 fully saturated rings. The number of rotatable bonds is 10. The van der Waals surface area contributed by atoms with Crippen molar-refractivity contribution in [2.75, 3.05) is 16.4 Å². The Morgan fingerprint density at radius 3 is 2.33 bits per heavy atom. The summed E-state index contributed by atoms with van der Waals surface area (Å²) in [4.78, 5) is 47.9. The Labute approximate surface area is 179 Å². The maximum Gasteiger partial charge on any atom is 0.303 e. The van der Waals surface area contributed by atoms with Gasteiger partial charge in [0.1, 0.15) is 0 Å². The molecule has 8 nitrogen and oxygen atoms in total. The molecule has 0 aliphatic rings. The molecule has 0 aliphatic carbocycles. The van der Waals surface area contributed by atoms with E-state index >= 15 is 0 Å². The van der Waals surface area contributed by atoms with E-state index in [2.05, 4.69) is 29.0 Å². The number of quaternary nitrogens is 1. The minimum Gasteiger partial charge on any atom is -0.481 e. The highest BCUT2D eigenvalue weighted by atomic mass is 32.1. The summed E-state index contributed by atoms with van der Waals surface area (Å²) < 4.78 is 0. The molecule has 30 heavy (non-hydrogen) atoms. The van der Waals surface area contributed by atoms with Crippen molar-refractivity contribution in [3.8, 4) is 0 Å². The van der Waals surface area contributed by atoms with Crippen molar-refractivity contribution in [1.82, 2.24) is 0 Å². The third-order valence-corrected chi connectivity index (χ3v) is 4.67. The van der Waals surface area contributed by atoms with Gasteiger partial charge in [-0.1, -0.05) is 30.3 Å². The number of amides is 2. The van der Waals surface area contributed by atoms with Gasteiger partial charge < -0.3 is 21.5 Å². The molecule has 6 N–H and O–H groups in total. The molecule has 1 atom stereocenters. The van der Waals surface area contributed by atoms with E-state index in [1.807, 2.05) is 0 Å². The van der Waals surface area contributed by atoms with Gasteiger partial charge in [-0.15, -0.1) is 0 Å². The van der Waals surface area contributed by atoms with Gasteiger partial charge in [-0.3, -0.25) is 19.2 Å². The maximum absolute atomic E-state index is 13.0. The Bertz CT molecular complexity index is 933. The second kappa shape index (κ2) is 11.1. The van der Waals surface area contributed by atoms with Crippen LogP contribution in [0.4, 0.5) is 11.4 Å². The molecule has 0 aliphatic heterocycles. The van der Waals surface area contributed by atoms with Gasteiger partial charge in [0, 0.05) is 29.7 Å². The number of carboxylic acids is 1.